The van der Waals surface area contributed by atoms with Gasteiger partial charge in [0.05, 0.1) is 0 Å². The minimum Gasteiger partial charge on any atom is 0 e. The zero-order chi connectivity index (χ0) is 0. The molecule has 0 bridgehead atoms. The summed E-state index contributed by atoms with van der Waals surface area (Å²) in [5.41, 5.74) is 0. The summed E-state index contributed by atoms with van der Waals surface area (Å²) in [5.74, 6) is 0. The quantitative estimate of drug-likeness (QED) is 0.524. The first-order chi connectivity index (χ1) is 0. The van der Waals surface area contributed by atoms with Gasteiger partial charge in [0, 0.05) is 102 Å². The average Bonchev–Trinajstić information content (AvgIpc) is 0. The summed E-state index contributed by atoms with van der Waals surface area (Å²) in [4.78, 5) is 0. The fourth-order valence-electron chi connectivity index (χ4n) is 0. The SMILES string of the molecule is [La].[Ni].[Ni].[Ni].[Ni]. The molecule has 0 unspecified atom stereocenters. The zero-order valence-electron chi connectivity index (χ0n) is 1.84. The van der Waals surface area contributed by atoms with E-state index >= 15 is 0 Å². The van der Waals surface area contributed by atoms with Gasteiger partial charge in [0.15, 0.2) is 0 Å². The average molecular weight is 374 g/mol. The van der Waals surface area contributed by atoms with Crippen LogP contribution in [0.2, 0.25) is 0 Å². The van der Waals surface area contributed by atoms with E-state index in [1.165, 1.54) is 0 Å². The van der Waals surface area contributed by atoms with Crippen LogP contribution in [0.3, 0.4) is 0 Å². The van der Waals surface area contributed by atoms with E-state index < -0.39 is 0 Å². The Kier molecular flexibility index (Phi) is 227. The number of hydrogen-bond donors (Lipinski definition) is 0. The molecule has 0 fully saturated rings. The number of rotatable bonds is 0. The Morgan fingerprint density at radius 1 is 0.400 bits per heavy atom. The Morgan fingerprint density at radius 3 is 0.400 bits per heavy atom. The molecule has 5 heteroatoms. The minimum absolute atomic E-state index is 0. The van der Waals surface area contributed by atoms with Crippen LogP contribution in [0.25, 0.3) is 0 Å². The Bertz CT molecular complexity index is 3.61. The second-order valence-corrected chi connectivity index (χ2v) is 0. The largest absolute Gasteiger partial charge is 0 e. The molecule has 0 spiro atoms. The van der Waals surface area contributed by atoms with E-state index in [9.17, 15) is 0 Å². The summed E-state index contributed by atoms with van der Waals surface area (Å²) in [6.07, 6.45) is 0. The van der Waals surface area contributed by atoms with Gasteiger partial charge in [0.1, 0.15) is 0 Å². The summed E-state index contributed by atoms with van der Waals surface area (Å²) in [5, 5.41) is 0. The van der Waals surface area contributed by atoms with Crippen molar-refractivity contribution in [3.8, 4) is 0 Å². The van der Waals surface area contributed by atoms with Crippen LogP contribution < -0.4 is 0 Å². The molecule has 0 rings (SSSR count). The van der Waals surface area contributed by atoms with Gasteiger partial charge in [-0.1, -0.05) is 0 Å². The van der Waals surface area contributed by atoms with Crippen LogP contribution in [0.1, 0.15) is 0 Å². The molecule has 43 valence electrons. The second-order valence-electron chi connectivity index (χ2n) is 0. The molecule has 0 aromatic heterocycles. The van der Waals surface area contributed by atoms with Gasteiger partial charge >= 0.3 is 0 Å². The molecule has 0 nitrogen and oxygen atoms in total. The summed E-state index contributed by atoms with van der Waals surface area (Å²) < 4.78 is 0. The molecule has 0 aromatic rings. The van der Waals surface area contributed by atoms with Gasteiger partial charge in [0.2, 0.25) is 0 Å². The molecular formula is LaNi4. The zero-order valence-corrected chi connectivity index (χ0v) is 9.42. The predicted octanol–water partition coefficient (Wildman–Crippen LogP) is -0.0100. The van der Waals surface area contributed by atoms with E-state index in [0.29, 0.717) is 0 Å². The van der Waals surface area contributed by atoms with Crippen LogP contribution in [0.4, 0.5) is 0 Å². The van der Waals surface area contributed by atoms with Gasteiger partial charge in [0.25, 0.3) is 0 Å². The van der Waals surface area contributed by atoms with Crippen molar-refractivity contribution in [3.05, 3.63) is 0 Å². The maximum Gasteiger partial charge on any atom is 0 e. The topological polar surface area (TPSA) is 0 Å². The van der Waals surface area contributed by atoms with Gasteiger partial charge < -0.3 is 0 Å². The van der Waals surface area contributed by atoms with Crippen molar-refractivity contribution in [2.75, 3.05) is 0 Å². The minimum atomic E-state index is 0. The first kappa shape index (κ1) is 41.8. The van der Waals surface area contributed by atoms with Gasteiger partial charge in [-0.25, -0.2) is 0 Å². The molecule has 1 radical (unpaired) electrons. The van der Waals surface area contributed by atoms with Gasteiger partial charge in [-0.3, -0.25) is 0 Å². The summed E-state index contributed by atoms with van der Waals surface area (Å²) in [7, 11) is 0. The van der Waals surface area contributed by atoms with E-state index in [1.54, 1.807) is 0 Å². The third-order valence-electron chi connectivity index (χ3n) is 0. The third-order valence-corrected chi connectivity index (χ3v) is 0. The Hall–Kier alpha value is 3.17. The molecule has 0 atom stereocenters. The van der Waals surface area contributed by atoms with E-state index in [0.717, 1.165) is 0 Å². The molecule has 5 heavy (non-hydrogen) atoms. The predicted molar refractivity (Wildman–Crippen MR) is 0 cm³/mol. The van der Waals surface area contributed by atoms with Gasteiger partial charge in [-0.05, 0) is 0 Å². The van der Waals surface area contributed by atoms with E-state index in [4.69, 9.17) is 0 Å². The Morgan fingerprint density at radius 2 is 0.400 bits per heavy atom. The van der Waals surface area contributed by atoms with E-state index in [2.05, 4.69) is 0 Å². The monoisotopic (exact) mass is 371 g/mol. The maximum absolute atomic E-state index is 0. The summed E-state index contributed by atoms with van der Waals surface area (Å²) in [6, 6.07) is 0. The van der Waals surface area contributed by atoms with Crippen molar-refractivity contribution in [2.45, 2.75) is 0 Å². The maximum atomic E-state index is 0. The van der Waals surface area contributed by atoms with Crippen molar-refractivity contribution < 1.29 is 102 Å². The Labute approximate surface area is 99.7 Å². The molecular weight excluding hydrogens is 374 g/mol. The normalized spacial score (nSPS) is 0. The molecule has 0 aliphatic heterocycles. The van der Waals surface area contributed by atoms with Crippen LogP contribution in [-0.4, -0.2) is 0 Å². The van der Waals surface area contributed by atoms with Gasteiger partial charge in [-0.2, -0.15) is 0 Å². The van der Waals surface area contributed by atoms with E-state index in [1.807, 2.05) is 0 Å². The second kappa shape index (κ2) is 27.2. The Balaban J connectivity index is 0. The molecule has 0 heterocycles. The molecule has 0 saturated heterocycles. The smallest absolute Gasteiger partial charge is 0 e. The third kappa shape index (κ3) is 19.1. The molecule has 0 saturated carbocycles. The van der Waals surface area contributed by atoms with Crippen molar-refractivity contribution in [2.24, 2.45) is 0 Å². The van der Waals surface area contributed by atoms with Crippen molar-refractivity contribution in [3.63, 3.8) is 0 Å². The van der Waals surface area contributed by atoms with Crippen LogP contribution in [-0.2, 0) is 66.0 Å². The van der Waals surface area contributed by atoms with Crippen LogP contribution in [0.5, 0.6) is 0 Å². The van der Waals surface area contributed by atoms with Crippen LogP contribution in [0, 0.1) is 35.6 Å². The first-order valence-corrected chi connectivity index (χ1v) is 0. The molecule has 0 N–H and O–H groups in total. The fraction of sp³-hybridized carbons (Fsp3) is 0. The fourth-order valence-corrected chi connectivity index (χ4v) is 0. The van der Waals surface area contributed by atoms with Gasteiger partial charge in [-0.15, -0.1) is 0 Å². The first-order valence-electron chi connectivity index (χ1n) is 0. The molecule has 0 aliphatic carbocycles. The van der Waals surface area contributed by atoms with Crippen molar-refractivity contribution in [1.29, 1.82) is 0 Å². The molecule has 0 amide bonds. The molecule has 0 aromatic carbocycles. The van der Waals surface area contributed by atoms with E-state index in [-0.39, 0.29) is 102 Å². The van der Waals surface area contributed by atoms with Crippen LogP contribution in [0.15, 0.2) is 0 Å². The van der Waals surface area contributed by atoms with Crippen LogP contribution >= 0.6 is 0 Å². The summed E-state index contributed by atoms with van der Waals surface area (Å²) >= 11 is 0. The molecule has 0 aliphatic rings. The van der Waals surface area contributed by atoms with Crippen molar-refractivity contribution >= 4 is 0 Å². The summed E-state index contributed by atoms with van der Waals surface area (Å²) in [6.45, 7) is 0. The van der Waals surface area contributed by atoms with Crippen molar-refractivity contribution in [1.82, 2.24) is 0 Å². The standard InChI is InChI=1S/La.4Ni. The number of hydrogen-bond acceptors (Lipinski definition) is 0.